The van der Waals surface area contributed by atoms with Gasteiger partial charge in [-0.05, 0) is 50.2 Å². The van der Waals surface area contributed by atoms with Crippen LogP contribution >= 0.6 is 11.8 Å². The summed E-state index contributed by atoms with van der Waals surface area (Å²) in [6, 6.07) is 0. The summed E-state index contributed by atoms with van der Waals surface area (Å²) in [5, 5.41) is 0.586. The summed E-state index contributed by atoms with van der Waals surface area (Å²) >= 11 is 1.97. The topological polar surface area (TPSA) is 37.4 Å². The zero-order valence-electron chi connectivity index (χ0n) is 15.6. The first-order chi connectivity index (χ1) is 11.6. The Morgan fingerprint density at radius 3 is 2.54 bits per heavy atom. The van der Waals surface area contributed by atoms with E-state index in [9.17, 15) is 9.59 Å². The highest BCUT2D eigenvalue weighted by Gasteiger charge is 2.34. The molecule has 0 aromatic carbocycles. The van der Waals surface area contributed by atoms with E-state index in [1.165, 1.54) is 19.3 Å². The summed E-state index contributed by atoms with van der Waals surface area (Å²) in [5.74, 6) is 1.72. The lowest BCUT2D eigenvalue weighted by Gasteiger charge is -2.37. The number of thioether (sulfide) groups is 1. The minimum Gasteiger partial charge on any atom is -0.374 e. The molecule has 4 heteroatoms. The van der Waals surface area contributed by atoms with Crippen molar-refractivity contribution in [3.05, 3.63) is 11.3 Å². The SMILES string of the molecule is CCCC(=O)C1=C(N2CCCCC2)CC(CC(C)SCC)CC1=O. The summed E-state index contributed by atoms with van der Waals surface area (Å²) in [7, 11) is 0. The second-order valence-electron chi connectivity index (χ2n) is 7.24. The smallest absolute Gasteiger partial charge is 0.168 e. The summed E-state index contributed by atoms with van der Waals surface area (Å²) in [5.41, 5.74) is 1.65. The van der Waals surface area contributed by atoms with Crippen LogP contribution in [0, 0.1) is 5.92 Å². The Labute approximate surface area is 151 Å². The number of ketones is 2. The van der Waals surface area contributed by atoms with Crippen molar-refractivity contribution in [3.63, 3.8) is 0 Å². The molecule has 0 spiro atoms. The number of rotatable bonds is 8. The third kappa shape index (κ3) is 5.11. The highest BCUT2D eigenvalue weighted by atomic mass is 32.2. The fourth-order valence-electron chi connectivity index (χ4n) is 4.08. The fraction of sp³-hybridized carbons (Fsp3) is 0.800. The number of hydrogen-bond donors (Lipinski definition) is 0. The third-order valence-corrected chi connectivity index (χ3v) is 6.23. The number of hydrogen-bond acceptors (Lipinski definition) is 4. The van der Waals surface area contributed by atoms with Gasteiger partial charge in [0, 0.05) is 36.9 Å². The van der Waals surface area contributed by atoms with Gasteiger partial charge in [-0.2, -0.15) is 11.8 Å². The highest BCUT2D eigenvalue weighted by molar-refractivity contribution is 7.99. The van der Waals surface area contributed by atoms with Crippen LogP contribution in [0.3, 0.4) is 0 Å². The molecule has 0 amide bonds. The van der Waals surface area contributed by atoms with Gasteiger partial charge in [-0.25, -0.2) is 0 Å². The van der Waals surface area contributed by atoms with Crippen molar-refractivity contribution in [1.29, 1.82) is 0 Å². The number of likely N-dealkylation sites (tertiary alicyclic amines) is 1. The molecule has 0 aromatic heterocycles. The van der Waals surface area contributed by atoms with Crippen molar-refractivity contribution in [1.82, 2.24) is 4.90 Å². The van der Waals surface area contributed by atoms with Crippen LogP contribution in [0.1, 0.15) is 72.1 Å². The molecule has 2 rings (SSSR count). The normalized spacial score (nSPS) is 23.5. The molecule has 1 aliphatic heterocycles. The quantitative estimate of drug-likeness (QED) is 0.599. The highest BCUT2D eigenvalue weighted by Crippen LogP contribution is 2.36. The number of allylic oxidation sites excluding steroid dienone is 2. The van der Waals surface area contributed by atoms with Crippen molar-refractivity contribution in [2.75, 3.05) is 18.8 Å². The van der Waals surface area contributed by atoms with Gasteiger partial charge in [0.25, 0.3) is 0 Å². The summed E-state index contributed by atoms with van der Waals surface area (Å²) in [4.78, 5) is 27.7. The maximum absolute atomic E-state index is 12.8. The van der Waals surface area contributed by atoms with Gasteiger partial charge < -0.3 is 4.90 Å². The Kier molecular flexibility index (Phi) is 7.86. The number of carbonyl (C=O) groups excluding carboxylic acids is 2. The first-order valence-corrected chi connectivity index (χ1v) is 10.8. The Balaban J connectivity index is 2.21. The Morgan fingerprint density at radius 2 is 1.92 bits per heavy atom. The largest absolute Gasteiger partial charge is 0.374 e. The molecular weight excluding hydrogens is 318 g/mol. The van der Waals surface area contributed by atoms with Gasteiger partial charge in [-0.3, -0.25) is 9.59 Å². The summed E-state index contributed by atoms with van der Waals surface area (Å²) in [6.07, 6.45) is 7.52. The van der Waals surface area contributed by atoms with Gasteiger partial charge in [0.05, 0.1) is 5.57 Å². The standard InChI is InChI=1S/C20H33NO2S/c1-4-9-18(22)20-17(21-10-7-6-8-11-21)13-16(14-19(20)23)12-15(3)24-5-2/h15-16H,4-14H2,1-3H3. The van der Waals surface area contributed by atoms with Crippen molar-refractivity contribution < 1.29 is 9.59 Å². The second kappa shape index (κ2) is 9.65. The van der Waals surface area contributed by atoms with Gasteiger partial charge in [0.2, 0.25) is 0 Å². The lowest BCUT2D eigenvalue weighted by molar-refractivity contribution is -0.122. The van der Waals surface area contributed by atoms with E-state index in [-0.39, 0.29) is 11.6 Å². The molecule has 2 unspecified atom stereocenters. The molecule has 0 bridgehead atoms. The summed E-state index contributed by atoms with van der Waals surface area (Å²) in [6.45, 7) is 8.49. The molecule has 24 heavy (non-hydrogen) atoms. The van der Waals surface area contributed by atoms with E-state index in [1.807, 2.05) is 18.7 Å². The minimum atomic E-state index is 0.0810. The maximum Gasteiger partial charge on any atom is 0.168 e. The van der Waals surface area contributed by atoms with Crippen LogP contribution < -0.4 is 0 Å². The lowest BCUT2D eigenvalue weighted by Crippen LogP contribution is -2.37. The molecule has 0 saturated carbocycles. The van der Waals surface area contributed by atoms with Crippen LogP contribution in [0.2, 0.25) is 0 Å². The maximum atomic E-state index is 12.8. The average molecular weight is 352 g/mol. The van der Waals surface area contributed by atoms with Crippen LogP contribution in [0.5, 0.6) is 0 Å². The molecule has 0 aromatic rings. The monoisotopic (exact) mass is 351 g/mol. The molecule has 1 aliphatic carbocycles. The van der Waals surface area contributed by atoms with Crippen LogP contribution in [0.15, 0.2) is 11.3 Å². The zero-order chi connectivity index (χ0) is 17.5. The van der Waals surface area contributed by atoms with Crippen LogP contribution in [-0.2, 0) is 9.59 Å². The van der Waals surface area contributed by atoms with E-state index in [0.717, 1.165) is 43.8 Å². The molecule has 1 saturated heterocycles. The predicted molar refractivity (Wildman–Crippen MR) is 102 cm³/mol. The Bertz CT molecular complexity index is 480. The van der Waals surface area contributed by atoms with Crippen molar-refractivity contribution in [2.24, 2.45) is 5.92 Å². The van der Waals surface area contributed by atoms with Crippen LogP contribution in [0.4, 0.5) is 0 Å². The zero-order valence-corrected chi connectivity index (χ0v) is 16.4. The average Bonchev–Trinajstić information content (AvgIpc) is 2.55. The minimum absolute atomic E-state index is 0.0810. The molecular formula is C20H33NO2S. The van der Waals surface area contributed by atoms with Gasteiger partial charge in [0.1, 0.15) is 0 Å². The lowest BCUT2D eigenvalue weighted by atomic mass is 9.80. The Hall–Kier alpha value is -0.770. The second-order valence-corrected chi connectivity index (χ2v) is 8.96. The molecule has 2 aliphatic rings. The van der Waals surface area contributed by atoms with Gasteiger partial charge in [-0.15, -0.1) is 0 Å². The number of nitrogens with zero attached hydrogens (tertiary/aromatic N) is 1. The molecule has 3 nitrogen and oxygen atoms in total. The molecule has 1 fully saturated rings. The van der Waals surface area contributed by atoms with E-state index in [4.69, 9.17) is 0 Å². The number of carbonyl (C=O) groups is 2. The first kappa shape index (κ1) is 19.6. The molecule has 0 radical (unpaired) electrons. The Morgan fingerprint density at radius 1 is 1.21 bits per heavy atom. The first-order valence-electron chi connectivity index (χ1n) is 9.72. The molecule has 2 atom stereocenters. The van der Waals surface area contributed by atoms with Gasteiger partial charge in [-0.1, -0.05) is 20.8 Å². The fourth-order valence-corrected chi connectivity index (χ4v) is 5.06. The number of piperidine rings is 1. The van der Waals surface area contributed by atoms with E-state index in [0.29, 0.717) is 29.6 Å². The van der Waals surface area contributed by atoms with Gasteiger partial charge >= 0.3 is 0 Å². The number of Topliss-reactive ketones (excluding diaryl/α,β-unsaturated/α-hetero) is 2. The summed E-state index contributed by atoms with van der Waals surface area (Å²) < 4.78 is 0. The van der Waals surface area contributed by atoms with Gasteiger partial charge in [0.15, 0.2) is 11.6 Å². The van der Waals surface area contributed by atoms with Crippen LogP contribution in [-0.4, -0.2) is 40.6 Å². The molecule has 1 heterocycles. The van der Waals surface area contributed by atoms with E-state index >= 15 is 0 Å². The van der Waals surface area contributed by atoms with Crippen molar-refractivity contribution in [2.45, 2.75) is 77.4 Å². The third-order valence-electron chi connectivity index (χ3n) is 5.13. The predicted octanol–water partition coefficient (Wildman–Crippen LogP) is 4.61. The molecule has 136 valence electrons. The van der Waals surface area contributed by atoms with Crippen LogP contribution in [0.25, 0.3) is 0 Å². The van der Waals surface area contributed by atoms with Crippen molar-refractivity contribution >= 4 is 23.3 Å². The molecule has 0 N–H and O–H groups in total. The van der Waals surface area contributed by atoms with E-state index < -0.39 is 0 Å². The van der Waals surface area contributed by atoms with Crippen molar-refractivity contribution in [3.8, 4) is 0 Å². The van der Waals surface area contributed by atoms with E-state index in [1.54, 1.807) is 0 Å². The van der Waals surface area contributed by atoms with E-state index in [2.05, 4.69) is 18.7 Å².